The van der Waals surface area contributed by atoms with Crippen LogP contribution in [0.4, 0.5) is 20.8 Å². The molecule has 0 spiro atoms. The summed E-state index contributed by atoms with van der Waals surface area (Å²) >= 11 is 9.64. The van der Waals surface area contributed by atoms with E-state index < -0.39 is 81.7 Å². The molecule has 404 valence electrons. The minimum Gasteiger partial charge on any atom is -0.432 e. The summed E-state index contributed by atoms with van der Waals surface area (Å²) in [6.07, 6.45) is -3.04. The molecule has 34 heteroatoms. The maximum atomic E-state index is 16.4. The molecule has 4 aromatic rings. The zero-order valence-electron chi connectivity index (χ0n) is 39.4. The Balaban J connectivity index is 0.821. The highest BCUT2D eigenvalue weighted by molar-refractivity contribution is 8.44. The maximum absolute atomic E-state index is 16.4. The smallest absolute Gasteiger partial charge is 0.432 e. The second kappa shape index (κ2) is 24.8. The van der Waals surface area contributed by atoms with E-state index in [0.29, 0.717) is 19.8 Å². The summed E-state index contributed by atoms with van der Waals surface area (Å²) in [4.78, 5) is 88.3. The lowest BCUT2D eigenvalue weighted by atomic mass is 10.1. The van der Waals surface area contributed by atoms with Crippen molar-refractivity contribution >= 4 is 95.4 Å². The third-order valence-electron chi connectivity index (χ3n) is 12.0. The number of ether oxygens (including phenoxy) is 7. The number of aromatic nitrogens is 8. The topological polar surface area (TPSA) is 353 Å². The zero-order valence-corrected chi connectivity index (χ0v) is 42.9. The van der Waals surface area contributed by atoms with Gasteiger partial charge in [-0.25, -0.2) is 43.7 Å². The molecule has 1 aliphatic carbocycles. The summed E-state index contributed by atoms with van der Waals surface area (Å²) in [7, 11) is 1.52. The minimum absolute atomic E-state index is 0.00848. The molecular weight excluding hydrogens is 1070 g/mol. The van der Waals surface area contributed by atoms with Crippen molar-refractivity contribution in [2.45, 2.75) is 55.7 Å². The molecule has 3 aliphatic heterocycles. The second-order valence-corrected chi connectivity index (χ2v) is 22.4. The van der Waals surface area contributed by atoms with E-state index in [1.54, 1.807) is 4.57 Å². The molecular formula is C40H53FN12O17P2S2. The van der Waals surface area contributed by atoms with E-state index in [1.807, 2.05) is 0 Å². The number of fused-ring (bicyclic) bond motifs is 4. The van der Waals surface area contributed by atoms with Crippen molar-refractivity contribution in [3.05, 3.63) is 37.5 Å². The van der Waals surface area contributed by atoms with E-state index in [1.165, 1.54) is 47.6 Å². The molecule has 10 atom stereocenters. The lowest BCUT2D eigenvalue weighted by molar-refractivity contribution is -0.137. The molecule has 5 N–H and O–H groups in total. The summed E-state index contributed by atoms with van der Waals surface area (Å²) in [5.74, 6) is -1.85. The summed E-state index contributed by atoms with van der Waals surface area (Å²) in [5.41, 5.74) is 12.8. The Morgan fingerprint density at radius 1 is 0.838 bits per heavy atom. The Bertz CT molecular complexity index is 2770. The van der Waals surface area contributed by atoms with Gasteiger partial charge in [0.1, 0.15) is 48.6 Å². The number of imide groups is 1. The van der Waals surface area contributed by atoms with E-state index in [2.05, 4.69) is 42.2 Å². The highest BCUT2D eigenvalue weighted by atomic mass is 32.7. The van der Waals surface area contributed by atoms with E-state index >= 15 is 4.39 Å². The van der Waals surface area contributed by atoms with Crippen LogP contribution in [0.15, 0.2) is 37.5 Å². The molecule has 3 unspecified atom stereocenters. The quantitative estimate of drug-likeness (QED) is 0.0298. The summed E-state index contributed by atoms with van der Waals surface area (Å²) in [6.45, 7) is -8.16. The molecule has 4 aromatic heterocycles. The first-order valence-electron chi connectivity index (χ1n) is 22.9. The van der Waals surface area contributed by atoms with Gasteiger partial charge in [0.15, 0.2) is 41.4 Å². The number of amides is 3. The Morgan fingerprint density at radius 3 is 2.08 bits per heavy atom. The van der Waals surface area contributed by atoms with Gasteiger partial charge in [-0.05, 0) is 18.2 Å². The zero-order chi connectivity index (χ0) is 52.6. The van der Waals surface area contributed by atoms with Crippen LogP contribution < -0.4 is 11.5 Å². The minimum atomic E-state index is -4.46. The summed E-state index contributed by atoms with van der Waals surface area (Å²) in [5, 5.41) is 0. The molecule has 0 bridgehead atoms. The largest absolute Gasteiger partial charge is 0.508 e. The maximum Gasteiger partial charge on any atom is 0.508 e. The average molecular weight is 1120 g/mol. The predicted molar refractivity (Wildman–Crippen MR) is 258 cm³/mol. The number of nitrogens with two attached hydrogens (primary N) is 2. The number of anilines is 2. The Kier molecular flexibility index (Phi) is 18.6. The molecule has 7 heterocycles. The molecule has 74 heavy (non-hydrogen) atoms. The summed E-state index contributed by atoms with van der Waals surface area (Å²) < 4.78 is 95.6. The van der Waals surface area contributed by atoms with Crippen molar-refractivity contribution in [3.8, 4) is 0 Å². The standard InChI is InChI=1S/C40H53FN12O17P2S2/c1-50(26(54)4-7-60-10-12-62-14-15-63-13-11-61-8-6-51-27(55)2-3-28(51)56)5-9-64-40(57)68-33-24(52-21-48-30-35(42)44-19-46-37(30)52)16-23-17-65-71(58,73)70-34-25(18-66-72(59,74)69-32(23)33)67-39(29(34)41)53-22-49-31-36(43)45-20-47-38(31)53/h2-3,19-25,29,32-34,39H,4-18H2,1H3,(H,58,73)(H,59,74)(H2,42,44,46)(H2,43,45,47)/t23?,24-,25-,29-,32-,33+,34-,39-,71?,72?/m1/s1. The molecule has 0 aromatic carbocycles. The number of rotatable bonds is 21. The third kappa shape index (κ3) is 13.5. The monoisotopic (exact) mass is 1120 g/mol. The number of nitrogen functional groups attached to an aromatic ring is 2. The Labute approximate surface area is 430 Å². The molecule has 3 fully saturated rings. The summed E-state index contributed by atoms with van der Waals surface area (Å²) in [6, 6.07) is -0.908. The van der Waals surface area contributed by atoms with Crippen molar-refractivity contribution in [1.82, 2.24) is 48.8 Å². The molecule has 1 saturated carbocycles. The first-order valence-corrected chi connectivity index (χ1v) is 28.2. The van der Waals surface area contributed by atoms with E-state index in [4.69, 9.17) is 74.5 Å². The third-order valence-corrected chi connectivity index (χ3v) is 15.2. The van der Waals surface area contributed by atoms with Crippen LogP contribution in [-0.4, -0.2) is 201 Å². The Hall–Kier alpha value is -4.92. The molecule has 3 amide bonds. The highest BCUT2D eigenvalue weighted by Gasteiger charge is 2.54. The van der Waals surface area contributed by atoms with Crippen molar-refractivity contribution in [1.29, 1.82) is 0 Å². The van der Waals surface area contributed by atoms with E-state index in [-0.39, 0.29) is 117 Å². The van der Waals surface area contributed by atoms with Gasteiger partial charge in [-0.15, -0.1) is 0 Å². The van der Waals surface area contributed by atoms with Crippen LogP contribution in [0, 0.1) is 5.92 Å². The van der Waals surface area contributed by atoms with E-state index in [0.717, 1.165) is 11.2 Å². The molecule has 0 radical (unpaired) electrons. The van der Waals surface area contributed by atoms with Crippen LogP contribution in [0.25, 0.3) is 22.3 Å². The van der Waals surface area contributed by atoms with Crippen LogP contribution in [-0.2, 0) is 82.0 Å². The number of carbonyl (C=O) groups is 4. The molecule has 4 aliphatic rings. The number of nitrogens with zero attached hydrogens (tertiary/aromatic N) is 10. The van der Waals surface area contributed by atoms with Gasteiger partial charge in [0.25, 0.3) is 11.8 Å². The van der Waals surface area contributed by atoms with Crippen molar-refractivity contribution < 1.29 is 84.3 Å². The van der Waals surface area contributed by atoms with Gasteiger partial charge < -0.3 is 72.6 Å². The molecule has 29 nitrogen and oxygen atoms in total. The SMILES string of the molecule is CN(CCOC(=O)O[C@@H]1[C@@H]2OP(O)(=S)OC[C@H]3O[C@@H](n4cnc5c(N)ncnc54)[C@H](F)[C@@H]3OP(=O)(S)OCC2C[C@H]1n1cnc2c(N)ncnc21)C(=O)CCOCCOCCOCCOCCN1C(=O)C=CC1=O. The molecule has 2 saturated heterocycles. The predicted octanol–water partition coefficient (Wildman–Crippen LogP) is 1.06. The van der Waals surface area contributed by atoms with Gasteiger partial charge >= 0.3 is 19.7 Å². The van der Waals surface area contributed by atoms with Crippen LogP contribution in [0.5, 0.6) is 0 Å². The van der Waals surface area contributed by atoms with E-state index in [9.17, 15) is 28.6 Å². The van der Waals surface area contributed by atoms with Crippen molar-refractivity contribution in [2.75, 3.05) is 104 Å². The number of halogens is 1. The van der Waals surface area contributed by atoms with Gasteiger partial charge in [-0.3, -0.25) is 28.4 Å². The van der Waals surface area contributed by atoms with Crippen LogP contribution in [0.3, 0.4) is 0 Å². The average Bonchev–Trinajstić information content (AvgIpc) is 4.19. The normalized spacial score (nSPS) is 28.3. The van der Waals surface area contributed by atoms with Crippen LogP contribution >= 0.6 is 25.8 Å². The van der Waals surface area contributed by atoms with Gasteiger partial charge in [-0.2, -0.15) is 0 Å². The fourth-order valence-electron chi connectivity index (χ4n) is 8.32. The van der Waals surface area contributed by atoms with Gasteiger partial charge in [-0.1, -0.05) is 12.2 Å². The number of hydrogen-bond acceptors (Lipinski definition) is 25. The van der Waals surface area contributed by atoms with Crippen LogP contribution in [0.2, 0.25) is 0 Å². The molecule has 8 rings (SSSR count). The van der Waals surface area contributed by atoms with Crippen molar-refractivity contribution in [3.63, 3.8) is 0 Å². The fourth-order valence-corrected chi connectivity index (χ4v) is 11.3. The first kappa shape index (κ1) is 55.3. The number of carbonyl (C=O) groups excluding carboxylic acids is 4. The highest BCUT2D eigenvalue weighted by Crippen LogP contribution is 2.59. The van der Waals surface area contributed by atoms with Crippen LogP contribution in [0.1, 0.15) is 25.1 Å². The fraction of sp³-hybridized carbons (Fsp3) is 0.600. The number of alkyl halides is 1. The number of likely N-dealkylation sites (N-methyl/N-ethyl adjacent to an activating group) is 1. The number of imidazole rings is 2. The van der Waals surface area contributed by atoms with Gasteiger partial charge in [0.2, 0.25) is 5.91 Å². The second-order valence-electron chi connectivity index (χ2n) is 16.8. The number of hydrogen-bond donors (Lipinski definition) is 4. The number of thiol groups is 1. The van der Waals surface area contributed by atoms with Crippen molar-refractivity contribution in [2.24, 2.45) is 5.92 Å². The first-order chi connectivity index (χ1) is 35.5. The Morgan fingerprint density at radius 2 is 1.43 bits per heavy atom. The van der Waals surface area contributed by atoms with Gasteiger partial charge in [0, 0.05) is 25.1 Å². The van der Waals surface area contributed by atoms with Gasteiger partial charge in [0.05, 0.1) is 104 Å². The lowest BCUT2D eigenvalue weighted by Crippen LogP contribution is -2.39. The lowest BCUT2D eigenvalue weighted by Gasteiger charge is -2.31.